The number of furan rings is 1. The second-order valence-corrected chi connectivity index (χ2v) is 7.22. The highest BCUT2D eigenvalue weighted by atomic mass is 32.1. The summed E-state index contributed by atoms with van der Waals surface area (Å²) in [5, 5.41) is 3.66. The highest BCUT2D eigenvalue weighted by Gasteiger charge is 2.15. The van der Waals surface area contributed by atoms with Crippen LogP contribution in [-0.2, 0) is 18.0 Å². The Morgan fingerprint density at radius 2 is 1.78 bits per heavy atom. The van der Waals surface area contributed by atoms with Gasteiger partial charge < -0.3 is 14.5 Å². The van der Waals surface area contributed by atoms with Crippen molar-refractivity contribution in [2.75, 3.05) is 5.32 Å². The minimum atomic E-state index is -0.750. The summed E-state index contributed by atoms with van der Waals surface area (Å²) < 4.78 is 28.4. The number of aromatic nitrogens is 1. The van der Waals surface area contributed by atoms with Gasteiger partial charge in [-0.15, -0.1) is 0 Å². The Kier molecular flexibility index (Phi) is 7.51. The molecule has 0 aliphatic carbocycles. The number of nitrogens with one attached hydrogen (secondary N) is 1. The lowest BCUT2D eigenvalue weighted by molar-refractivity contribution is 0.102. The third-order valence-electron chi connectivity index (χ3n) is 4.71. The van der Waals surface area contributed by atoms with Crippen LogP contribution in [0.15, 0.2) is 65.2 Å². The number of rotatable bonds is 5. The van der Waals surface area contributed by atoms with E-state index < -0.39 is 11.6 Å². The van der Waals surface area contributed by atoms with Gasteiger partial charge in [-0.05, 0) is 62.2 Å². The molecule has 0 radical (unpaired) electrons. The van der Waals surface area contributed by atoms with Crippen LogP contribution < -0.4 is 10.1 Å². The summed E-state index contributed by atoms with van der Waals surface area (Å²) in [5.74, 6) is 2.26. The number of aryl methyl sites for hydroxylation is 3. The molecule has 4 rings (SSSR count). The zero-order valence-corrected chi connectivity index (χ0v) is 18.7. The average Bonchev–Trinajstić information content (AvgIpc) is 3.17. The van der Waals surface area contributed by atoms with Gasteiger partial charge in [-0.1, -0.05) is 30.7 Å². The van der Waals surface area contributed by atoms with Gasteiger partial charge in [0.2, 0.25) is 0 Å². The van der Waals surface area contributed by atoms with E-state index in [9.17, 15) is 4.79 Å². The number of anilines is 1. The summed E-state index contributed by atoms with van der Waals surface area (Å²) >= 11 is -0.750. The zero-order valence-electron chi connectivity index (χ0n) is 17.9. The van der Waals surface area contributed by atoms with Gasteiger partial charge in [0.05, 0.1) is 5.39 Å². The van der Waals surface area contributed by atoms with Crippen molar-refractivity contribution in [3.8, 4) is 11.5 Å². The summed E-state index contributed by atoms with van der Waals surface area (Å²) in [6, 6.07) is 16.9. The van der Waals surface area contributed by atoms with Crippen LogP contribution in [0, 0.1) is 13.8 Å². The number of benzene rings is 2. The van der Waals surface area contributed by atoms with Crippen molar-refractivity contribution < 1.29 is 22.4 Å². The molecule has 0 aliphatic heterocycles. The maximum absolute atomic E-state index is 12.8. The normalized spacial score (nSPS) is 10.2. The number of amides is 1. The van der Waals surface area contributed by atoms with Crippen LogP contribution in [0.3, 0.4) is 0 Å². The highest BCUT2D eigenvalue weighted by molar-refractivity contribution is 7.51. The maximum Gasteiger partial charge on any atom is 0.335 e. The molecule has 0 fully saturated rings. The Hall–Kier alpha value is -3.78. The zero-order chi connectivity index (χ0) is 23.1. The van der Waals surface area contributed by atoms with Crippen LogP contribution in [0.2, 0.25) is 0 Å². The number of hydrogen-bond donors (Lipinski definition) is 1. The van der Waals surface area contributed by atoms with Gasteiger partial charge in [0.25, 0.3) is 5.91 Å². The van der Waals surface area contributed by atoms with Gasteiger partial charge >= 0.3 is 11.6 Å². The maximum atomic E-state index is 12.8. The van der Waals surface area contributed by atoms with E-state index in [1.165, 1.54) is 0 Å². The quantitative estimate of drug-likeness (QED) is 0.438. The van der Waals surface area contributed by atoms with E-state index in [0.717, 1.165) is 28.7 Å². The molecular formula is C24H22N2O5S. The van der Waals surface area contributed by atoms with E-state index in [4.69, 9.17) is 17.6 Å². The van der Waals surface area contributed by atoms with E-state index in [-0.39, 0.29) is 5.91 Å². The largest absolute Gasteiger partial charge is 0.461 e. The first-order valence-corrected chi connectivity index (χ1v) is 10.6. The first-order chi connectivity index (χ1) is 15.4. The van der Waals surface area contributed by atoms with Gasteiger partial charge in [-0.25, -0.2) is 4.98 Å². The molecule has 2 aromatic carbocycles. The monoisotopic (exact) mass is 450 g/mol. The molecule has 0 saturated heterocycles. The van der Waals surface area contributed by atoms with Crippen molar-refractivity contribution in [2.24, 2.45) is 0 Å². The second-order valence-electron chi connectivity index (χ2n) is 7.09. The lowest BCUT2D eigenvalue weighted by Crippen LogP contribution is -2.13. The third-order valence-corrected chi connectivity index (χ3v) is 4.71. The van der Waals surface area contributed by atoms with Gasteiger partial charge in [-0.2, -0.15) is 8.42 Å². The minimum absolute atomic E-state index is 0.272. The molecule has 1 amide bonds. The Morgan fingerprint density at radius 1 is 1.06 bits per heavy atom. The number of fused-ring (bicyclic) bond motifs is 1. The number of carbonyl (C=O) groups is 1. The second kappa shape index (κ2) is 10.5. The predicted octanol–water partition coefficient (Wildman–Crippen LogP) is 5.38. The van der Waals surface area contributed by atoms with Crippen LogP contribution in [0.5, 0.6) is 11.5 Å². The molecular weight excluding hydrogens is 428 g/mol. The van der Waals surface area contributed by atoms with Gasteiger partial charge in [0, 0.05) is 11.8 Å². The molecule has 0 atom stereocenters. The molecule has 0 bridgehead atoms. The summed E-state index contributed by atoms with van der Waals surface area (Å²) in [6.45, 7) is 5.95. The fraction of sp³-hybridized carbons (Fsp3) is 0.167. The molecule has 0 aliphatic rings. The van der Waals surface area contributed by atoms with Crippen LogP contribution in [-0.4, -0.2) is 19.3 Å². The molecule has 0 unspecified atom stereocenters. The van der Waals surface area contributed by atoms with Crippen molar-refractivity contribution in [1.29, 1.82) is 0 Å². The van der Waals surface area contributed by atoms with Crippen LogP contribution in [0.25, 0.3) is 11.0 Å². The lowest BCUT2D eigenvalue weighted by Gasteiger charge is -2.10. The number of carbonyl (C=O) groups excluding carboxylic acids is 1. The van der Waals surface area contributed by atoms with Crippen LogP contribution in [0.1, 0.15) is 34.2 Å². The van der Waals surface area contributed by atoms with Gasteiger partial charge in [0.15, 0.2) is 0 Å². The molecule has 8 heteroatoms. The number of nitrogens with zero attached hydrogens (tertiary/aromatic N) is 1. The van der Waals surface area contributed by atoms with Crippen molar-refractivity contribution in [2.45, 2.75) is 27.2 Å². The topological polar surface area (TPSA) is 98.5 Å². The Morgan fingerprint density at radius 3 is 2.41 bits per heavy atom. The smallest absolute Gasteiger partial charge is 0.335 e. The molecule has 0 saturated carbocycles. The van der Waals surface area contributed by atoms with E-state index in [1.54, 1.807) is 24.4 Å². The van der Waals surface area contributed by atoms with E-state index in [2.05, 4.69) is 17.2 Å². The summed E-state index contributed by atoms with van der Waals surface area (Å²) in [6.07, 6.45) is 2.66. The standard InChI is InChI=1S/C24H22N2O3.O2S/c1-4-17-7-10-23(25-14-17)26-24(27)18-12-21-20(11-16(3)28-21)22(13-18)29-19-8-5-15(2)6-9-19;1-3-2/h5-14H,4H2,1-3H3,(H,25,26,27);. The first kappa shape index (κ1) is 22.9. The minimum Gasteiger partial charge on any atom is -0.461 e. The number of hydrogen-bond acceptors (Lipinski definition) is 6. The van der Waals surface area contributed by atoms with Crippen LogP contribution >= 0.6 is 0 Å². The fourth-order valence-corrected chi connectivity index (χ4v) is 3.08. The molecule has 164 valence electrons. The molecule has 0 spiro atoms. The third kappa shape index (κ3) is 5.67. The van der Waals surface area contributed by atoms with E-state index in [0.29, 0.717) is 28.5 Å². The fourth-order valence-electron chi connectivity index (χ4n) is 3.08. The predicted molar refractivity (Wildman–Crippen MR) is 123 cm³/mol. The van der Waals surface area contributed by atoms with Gasteiger partial charge in [-0.3, -0.25) is 4.79 Å². The molecule has 4 aromatic rings. The highest BCUT2D eigenvalue weighted by Crippen LogP contribution is 2.34. The van der Waals surface area contributed by atoms with E-state index >= 15 is 0 Å². The number of ether oxygens (including phenoxy) is 1. The Bertz CT molecular complexity index is 1260. The summed E-state index contributed by atoms with van der Waals surface area (Å²) in [4.78, 5) is 17.1. The van der Waals surface area contributed by atoms with Crippen molar-refractivity contribution in [3.63, 3.8) is 0 Å². The SMILES string of the molecule is CCc1ccc(NC(=O)c2cc(Oc3ccc(C)cc3)c3cc(C)oc3c2)nc1.O=S=O. The molecule has 32 heavy (non-hydrogen) atoms. The summed E-state index contributed by atoms with van der Waals surface area (Å²) in [7, 11) is 0. The van der Waals surface area contributed by atoms with Gasteiger partial charge in [0.1, 0.15) is 28.7 Å². The van der Waals surface area contributed by atoms with Crippen molar-refractivity contribution >= 4 is 34.3 Å². The van der Waals surface area contributed by atoms with Crippen molar-refractivity contribution in [1.82, 2.24) is 4.98 Å². The Balaban J connectivity index is 0.000000913. The molecule has 1 N–H and O–H groups in total. The Labute approximate surface area is 189 Å². The van der Waals surface area contributed by atoms with E-state index in [1.807, 2.05) is 50.2 Å². The molecule has 2 aromatic heterocycles. The lowest BCUT2D eigenvalue weighted by atomic mass is 10.1. The van der Waals surface area contributed by atoms with Crippen LogP contribution in [0.4, 0.5) is 5.82 Å². The molecule has 7 nitrogen and oxygen atoms in total. The number of pyridine rings is 1. The first-order valence-electron chi connectivity index (χ1n) is 9.90. The average molecular weight is 451 g/mol. The van der Waals surface area contributed by atoms with Crippen molar-refractivity contribution in [3.05, 3.63) is 83.2 Å². The molecule has 2 heterocycles. The summed E-state index contributed by atoms with van der Waals surface area (Å²) in [5.41, 5.74) is 3.31.